The predicted molar refractivity (Wildman–Crippen MR) is 70.4 cm³/mol. The summed E-state index contributed by atoms with van der Waals surface area (Å²) in [5.41, 5.74) is 6.67. The second-order valence-corrected chi connectivity index (χ2v) is 3.49. The smallest absolute Gasteiger partial charge is 0.307 e. The summed E-state index contributed by atoms with van der Waals surface area (Å²) >= 11 is 0. The van der Waals surface area contributed by atoms with Gasteiger partial charge in [-0.15, -0.1) is 12.4 Å². The molecule has 0 saturated heterocycles. The van der Waals surface area contributed by atoms with E-state index < -0.39 is 6.04 Å². The summed E-state index contributed by atoms with van der Waals surface area (Å²) in [6.45, 7) is 0. The maximum Gasteiger partial charge on any atom is 0.307 e. The van der Waals surface area contributed by atoms with Gasteiger partial charge in [0.1, 0.15) is 11.5 Å². The molecule has 0 bridgehead atoms. The molecular weight excluding hydrogens is 258 g/mol. The molecule has 5 nitrogen and oxygen atoms in total. The van der Waals surface area contributed by atoms with Crippen LogP contribution in [0.2, 0.25) is 0 Å². The fraction of sp³-hybridized carbons (Fsp3) is 0.417. The molecule has 0 spiro atoms. The number of hydrogen-bond acceptors (Lipinski definition) is 5. The van der Waals surface area contributed by atoms with Crippen molar-refractivity contribution in [2.45, 2.75) is 12.5 Å². The maximum absolute atomic E-state index is 11.2. The fourth-order valence-corrected chi connectivity index (χ4v) is 1.50. The van der Waals surface area contributed by atoms with E-state index in [4.69, 9.17) is 15.2 Å². The van der Waals surface area contributed by atoms with Gasteiger partial charge in [-0.05, 0) is 6.07 Å². The number of rotatable bonds is 5. The highest BCUT2D eigenvalue weighted by Crippen LogP contribution is 2.29. The molecule has 0 aliphatic carbocycles. The van der Waals surface area contributed by atoms with E-state index in [1.54, 1.807) is 32.4 Å². The van der Waals surface area contributed by atoms with Gasteiger partial charge in [0, 0.05) is 17.7 Å². The first-order valence-electron chi connectivity index (χ1n) is 5.16. The second-order valence-electron chi connectivity index (χ2n) is 3.49. The molecule has 0 radical (unpaired) electrons. The highest BCUT2D eigenvalue weighted by atomic mass is 35.5. The van der Waals surface area contributed by atoms with E-state index in [1.807, 2.05) is 0 Å². The molecule has 0 aliphatic rings. The van der Waals surface area contributed by atoms with Crippen LogP contribution in [0.25, 0.3) is 0 Å². The molecule has 0 unspecified atom stereocenters. The highest BCUT2D eigenvalue weighted by Gasteiger charge is 2.16. The number of methoxy groups -OCH3 is 3. The first kappa shape index (κ1) is 16.5. The minimum absolute atomic E-state index is 0. The molecule has 18 heavy (non-hydrogen) atoms. The molecule has 1 aromatic rings. The molecule has 102 valence electrons. The van der Waals surface area contributed by atoms with Crippen molar-refractivity contribution in [1.29, 1.82) is 0 Å². The summed E-state index contributed by atoms with van der Waals surface area (Å²) < 4.78 is 14.9. The Morgan fingerprint density at radius 1 is 1.28 bits per heavy atom. The van der Waals surface area contributed by atoms with E-state index in [1.165, 1.54) is 7.11 Å². The number of hydrogen-bond donors (Lipinski definition) is 1. The molecule has 0 saturated carbocycles. The van der Waals surface area contributed by atoms with E-state index in [-0.39, 0.29) is 24.8 Å². The molecular formula is C12H18ClNO4. The van der Waals surface area contributed by atoms with E-state index in [2.05, 4.69) is 4.74 Å². The minimum Gasteiger partial charge on any atom is -0.497 e. The zero-order chi connectivity index (χ0) is 12.8. The number of benzene rings is 1. The van der Waals surface area contributed by atoms with Crippen LogP contribution in [0, 0.1) is 0 Å². The molecule has 1 rings (SSSR count). The SMILES string of the molecule is COC(=O)C[C@H](N)c1ccc(OC)cc1OC.Cl. The molecule has 1 aromatic carbocycles. The lowest BCUT2D eigenvalue weighted by molar-refractivity contribution is -0.141. The summed E-state index contributed by atoms with van der Waals surface area (Å²) in [6, 6.07) is 4.83. The van der Waals surface area contributed by atoms with Crippen LogP contribution < -0.4 is 15.2 Å². The highest BCUT2D eigenvalue weighted by molar-refractivity contribution is 5.85. The Bertz CT molecular complexity index is 398. The minimum atomic E-state index is -0.455. The first-order chi connectivity index (χ1) is 8.12. The zero-order valence-electron chi connectivity index (χ0n) is 10.6. The number of halogens is 1. The number of esters is 1. The first-order valence-corrected chi connectivity index (χ1v) is 5.16. The van der Waals surface area contributed by atoms with Crippen LogP contribution in [0.4, 0.5) is 0 Å². The van der Waals surface area contributed by atoms with Crippen molar-refractivity contribution in [2.24, 2.45) is 5.73 Å². The van der Waals surface area contributed by atoms with E-state index in [9.17, 15) is 4.79 Å². The second kappa shape index (κ2) is 7.79. The molecule has 0 aromatic heterocycles. The third-order valence-electron chi connectivity index (χ3n) is 2.45. The third-order valence-corrected chi connectivity index (χ3v) is 2.45. The van der Waals surface area contributed by atoms with E-state index >= 15 is 0 Å². The van der Waals surface area contributed by atoms with Crippen LogP contribution in [0.5, 0.6) is 11.5 Å². The Morgan fingerprint density at radius 3 is 2.44 bits per heavy atom. The fourth-order valence-electron chi connectivity index (χ4n) is 1.50. The Morgan fingerprint density at radius 2 is 1.94 bits per heavy atom. The predicted octanol–water partition coefficient (Wildman–Crippen LogP) is 1.69. The standard InChI is InChI=1S/C12H17NO4.ClH/c1-15-8-4-5-9(11(6-8)16-2)10(13)7-12(14)17-3;/h4-6,10H,7,13H2,1-3H3;1H/t10-;/m0./s1. The van der Waals surface area contributed by atoms with Crippen molar-refractivity contribution in [2.75, 3.05) is 21.3 Å². The Labute approximate surface area is 113 Å². The van der Waals surface area contributed by atoms with E-state index in [0.29, 0.717) is 11.5 Å². The van der Waals surface area contributed by atoms with Gasteiger partial charge in [0.2, 0.25) is 0 Å². The average molecular weight is 276 g/mol. The van der Waals surface area contributed by atoms with Crippen molar-refractivity contribution in [1.82, 2.24) is 0 Å². The largest absolute Gasteiger partial charge is 0.497 e. The van der Waals surface area contributed by atoms with E-state index in [0.717, 1.165) is 5.56 Å². The molecule has 6 heteroatoms. The van der Waals surface area contributed by atoms with Crippen molar-refractivity contribution < 1.29 is 19.0 Å². The maximum atomic E-state index is 11.2. The molecule has 1 atom stereocenters. The topological polar surface area (TPSA) is 70.8 Å². The average Bonchev–Trinajstić information content (AvgIpc) is 2.37. The summed E-state index contributed by atoms with van der Waals surface area (Å²) in [7, 11) is 4.45. The van der Waals surface area contributed by atoms with Crippen LogP contribution in [0.15, 0.2) is 18.2 Å². The van der Waals surface area contributed by atoms with Gasteiger partial charge in [-0.1, -0.05) is 6.07 Å². The zero-order valence-corrected chi connectivity index (χ0v) is 11.5. The van der Waals surface area contributed by atoms with Gasteiger partial charge in [-0.2, -0.15) is 0 Å². The van der Waals surface area contributed by atoms with Crippen molar-refractivity contribution in [3.05, 3.63) is 23.8 Å². The molecule has 0 fully saturated rings. The normalized spacial score (nSPS) is 11.1. The van der Waals surface area contributed by atoms with Gasteiger partial charge >= 0.3 is 5.97 Å². The molecule has 0 heterocycles. The number of carbonyl (C=O) groups is 1. The van der Waals surface area contributed by atoms with Gasteiger partial charge < -0.3 is 19.9 Å². The molecule has 0 amide bonds. The van der Waals surface area contributed by atoms with Gasteiger partial charge in [0.15, 0.2) is 0 Å². The van der Waals surface area contributed by atoms with Gasteiger partial charge in [-0.3, -0.25) is 4.79 Å². The summed E-state index contributed by atoms with van der Waals surface area (Å²) in [6.07, 6.45) is 0.110. The van der Waals surface area contributed by atoms with Crippen LogP contribution in [-0.2, 0) is 9.53 Å². The Balaban J connectivity index is 0.00000289. The Hall–Kier alpha value is -1.46. The van der Waals surface area contributed by atoms with Crippen LogP contribution in [0.1, 0.15) is 18.0 Å². The van der Waals surface area contributed by atoms with Crippen LogP contribution in [-0.4, -0.2) is 27.3 Å². The summed E-state index contributed by atoms with van der Waals surface area (Å²) in [5.74, 6) is 0.923. The summed E-state index contributed by atoms with van der Waals surface area (Å²) in [5, 5.41) is 0. The Kier molecular flexibility index (Phi) is 7.16. The van der Waals surface area contributed by atoms with Crippen LogP contribution in [0.3, 0.4) is 0 Å². The number of ether oxygens (including phenoxy) is 3. The lowest BCUT2D eigenvalue weighted by Crippen LogP contribution is -2.17. The van der Waals surface area contributed by atoms with Gasteiger partial charge in [0.25, 0.3) is 0 Å². The van der Waals surface area contributed by atoms with Crippen LogP contribution >= 0.6 is 12.4 Å². The van der Waals surface area contributed by atoms with Crippen molar-refractivity contribution in [3.8, 4) is 11.5 Å². The molecule has 2 N–H and O–H groups in total. The van der Waals surface area contributed by atoms with Crippen molar-refractivity contribution >= 4 is 18.4 Å². The van der Waals surface area contributed by atoms with Gasteiger partial charge in [-0.25, -0.2) is 0 Å². The molecule has 0 aliphatic heterocycles. The monoisotopic (exact) mass is 275 g/mol. The number of nitrogens with two attached hydrogens (primary N) is 1. The van der Waals surface area contributed by atoms with Gasteiger partial charge in [0.05, 0.1) is 27.8 Å². The van der Waals surface area contributed by atoms with Crippen molar-refractivity contribution in [3.63, 3.8) is 0 Å². The third kappa shape index (κ3) is 4.09. The lowest BCUT2D eigenvalue weighted by atomic mass is 10.0. The lowest BCUT2D eigenvalue weighted by Gasteiger charge is -2.15. The number of carbonyl (C=O) groups excluding carboxylic acids is 1. The quantitative estimate of drug-likeness (QED) is 0.828. The summed E-state index contributed by atoms with van der Waals surface area (Å²) in [4.78, 5) is 11.2.